The van der Waals surface area contributed by atoms with Gasteiger partial charge in [0.1, 0.15) is 10.7 Å². The Labute approximate surface area is 217 Å². The van der Waals surface area contributed by atoms with Crippen LogP contribution in [-0.4, -0.2) is 38.1 Å². The number of rotatable bonds is 6. The Balaban J connectivity index is 1.78. The molecule has 1 aliphatic rings. The Morgan fingerprint density at radius 2 is 1.89 bits per heavy atom. The number of primary amides is 1. The first-order valence-electron chi connectivity index (χ1n) is 11.6. The lowest BCUT2D eigenvalue weighted by Gasteiger charge is -2.29. The number of hydrogen-bond donors (Lipinski definition) is 1. The maximum atomic E-state index is 11.8. The summed E-state index contributed by atoms with van der Waals surface area (Å²) in [4.78, 5) is 16.9. The van der Waals surface area contributed by atoms with Gasteiger partial charge in [0.2, 0.25) is 5.91 Å². The van der Waals surface area contributed by atoms with Gasteiger partial charge in [-0.3, -0.25) is 4.79 Å². The van der Waals surface area contributed by atoms with Gasteiger partial charge in [-0.05, 0) is 66.8 Å². The van der Waals surface area contributed by atoms with Crippen LogP contribution >= 0.6 is 23.8 Å². The van der Waals surface area contributed by atoms with Crippen molar-refractivity contribution in [2.45, 2.75) is 20.3 Å². The lowest BCUT2D eigenvalue weighted by Crippen LogP contribution is -2.29. The quantitative estimate of drug-likeness (QED) is 0.410. The van der Waals surface area contributed by atoms with Crippen molar-refractivity contribution in [3.05, 3.63) is 76.3 Å². The van der Waals surface area contributed by atoms with Gasteiger partial charge >= 0.3 is 0 Å². The molecule has 7 heteroatoms. The van der Waals surface area contributed by atoms with Gasteiger partial charge < -0.3 is 20.3 Å². The van der Waals surface area contributed by atoms with Gasteiger partial charge in [-0.25, -0.2) is 0 Å². The molecule has 1 amide bonds. The van der Waals surface area contributed by atoms with Gasteiger partial charge in [0, 0.05) is 41.9 Å². The summed E-state index contributed by atoms with van der Waals surface area (Å²) in [6.07, 6.45) is 1.13. The summed E-state index contributed by atoms with van der Waals surface area (Å²) in [7, 11) is 3.66. The van der Waals surface area contributed by atoms with E-state index in [1.807, 2.05) is 43.1 Å². The van der Waals surface area contributed by atoms with Gasteiger partial charge in [-0.1, -0.05) is 48.9 Å². The van der Waals surface area contributed by atoms with Gasteiger partial charge in [-0.15, -0.1) is 0 Å². The molecule has 35 heavy (non-hydrogen) atoms. The summed E-state index contributed by atoms with van der Waals surface area (Å²) in [6, 6.07) is 17.4. The minimum absolute atomic E-state index is 0.427. The Bertz CT molecular complexity index is 1290. The monoisotopic (exact) mass is 507 g/mol. The van der Waals surface area contributed by atoms with E-state index >= 15 is 0 Å². The number of ether oxygens (including phenoxy) is 1. The first kappa shape index (κ1) is 25.0. The van der Waals surface area contributed by atoms with E-state index in [-0.39, 0.29) is 0 Å². The first-order chi connectivity index (χ1) is 16.7. The molecule has 0 aromatic heterocycles. The highest BCUT2D eigenvalue weighted by Gasteiger charge is 2.24. The van der Waals surface area contributed by atoms with E-state index in [9.17, 15) is 4.79 Å². The van der Waals surface area contributed by atoms with Crippen molar-refractivity contribution in [1.82, 2.24) is 0 Å². The lowest BCUT2D eigenvalue weighted by atomic mass is 10.0. The Kier molecular flexibility index (Phi) is 7.33. The number of carbonyl (C=O) groups is 1. The van der Waals surface area contributed by atoms with Gasteiger partial charge in [0.15, 0.2) is 0 Å². The summed E-state index contributed by atoms with van der Waals surface area (Å²) in [5.74, 6) is 0.935. The van der Waals surface area contributed by atoms with Crippen LogP contribution in [0.1, 0.15) is 34.8 Å². The minimum atomic E-state index is -0.480. The molecule has 1 atom stereocenters. The number of nitrogens with two attached hydrogens (primary N) is 1. The second kappa shape index (κ2) is 10.3. The Morgan fingerprint density at radius 1 is 1.14 bits per heavy atom. The van der Waals surface area contributed by atoms with Crippen molar-refractivity contribution in [3.63, 3.8) is 0 Å². The molecule has 2 N–H and O–H groups in total. The summed E-state index contributed by atoms with van der Waals surface area (Å²) in [5.41, 5.74) is 11.7. The molecular formula is C28H30ClN3O2S. The van der Waals surface area contributed by atoms with Crippen LogP contribution in [0.25, 0.3) is 11.1 Å². The second-order valence-electron chi connectivity index (χ2n) is 9.15. The van der Waals surface area contributed by atoms with Crippen LogP contribution in [0.3, 0.4) is 0 Å². The zero-order valence-corrected chi connectivity index (χ0v) is 22.0. The van der Waals surface area contributed by atoms with Crippen LogP contribution in [0, 0.1) is 12.8 Å². The van der Waals surface area contributed by atoms with Gasteiger partial charge in [0.05, 0.1) is 18.5 Å². The van der Waals surface area contributed by atoms with Gasteiger partial charge in [0.25, 0.3) is 0 Å². The fraction of sp³-hybridized carbons (Fsp3) is 0.286. The summed E-state index contributed by atoms with van der Waals surface area (Å²) >= 11 is 12.4. The number of amides is 1. The zero-order chi connectivity index (χ0) is 25.3. The predicted molar refractivity (Wildman–Crippen MR) is 149 cm³/mol. The predicted octanol–water partition coefficient (Wildman–Crippen LogP) is 6.08. The topological polar surface area (TPSA) is 58.8 Å². The molecule has 1 fully saturated rings. The molecule has 0 spiro atoms. The van der Waals surface area contributed by atoms with Crippen molar-refractivity contribution in [2.24, 2.45) is 11.7 Å². The van der Waals surface area contributed by atoms with Crippen molar-refractivity contribution in [3.8, 4) is 16.9 Å². The van der Waals surface area contributed by atoms with Crippen LogP contribution in [0.5, 0.6) is 5.75 Å². The molecule has 1 aliphatic heterocycles. The van der Waals surface area contributed by atoms with Crippen molar-refractivity contribution < 1.29 is 9.53 Å². The molecule has 0 saturated carbocycles. The van der Waals surface area contributed by atoms with E-state index < -0.39 is 5.91 Å². The largest absolute Gasteiger partial charge is 0.496 e. The molecule has 4 rings (SSSR count). The van der Waals surface area contributed by atoms with Crippen molar-refractivity contribution in [1.29, 1.82) is 0 Å². The van der Waals surface area contributed by atoms with E-state index in [1.54, 1.807) is 25.3 Å². The Hall–Kier alpha value is -3.09. The fourth-order valence-corrected chi connectivity index (χ4v) is 4.99. The molecule has 3 aromatic carbocycles. The highest BCUT2D eigenvalue weighted by molar-refractivity contribution is 7.81. The number of carbonyl (C=O) groups excluding carboxylic acids is 1. The number of aryl methyl sites for hydroxylation is 1. The highest BCUT2D eigenvalue weighted by atomic mass is 35.5. The molecule has 1 heterocycles. The summed E-state index contributed by atoms with van der Waals surface area (Å²) < 4.78 is 5.51. The van der Waals surface area contributed by atoms with Crippen molar-refractivity contribution >= 4 is 46.1 Å². The maximum Gasteiger partial charge on any atom is 0.248 e. The normalized spacial score (nSPS) is 15.2. The number of anilines is 2. The molecular weight excluding hydrogens is 478 g/mol. The third kappa shape index (κ3) is 5.14. The third-order valence-electron chi connectivity index (χ3n) is 6.62. The molecule has 0 aliphatic carbocycles. The Morgan fingerprint density at radius 3 is 2.54 bits per heavy atom. The number of halogens is 1. The lowest BCUT2D eigenvalue weighted by molar-refractivity contribution is 0.100. The van der Waals surface area contributed by atoms with Crippen LogP contribution in [0.4, 0.5) is 11.4 Å². The van der Waals surface area contributed by atoms with E-state index in [4.69, 9.17) is 34.3 Å². The highest BCUT2D eigenvalue weighted by Crippen LogP contribution is 2.39. The van der Waals surface area contributed by atoms with E-state index in [2.05, 4.69) is 24.0 Å². The van der Waals surface area contributed by atoms with E-state index in [1.165, 1.54) is 0 Å². The number of thiocarbonyl (C=S) groups is 1. The van der Waals surface area contributed by atoms with Crippen molar-refractivity contribution in [2.75, 3.05) is 37.0 Å². The van der Waals surface area contributed by atoms with Crippen LogP contribution < -0.4 is 20.3 Å². The smallest absolute Gasteiger partial charge is 0.248 e. The minimum Gasteiger partial charge on any atom is -0.496 e. The average Bonchev–Trinajstić information content (AvgIpc) is 3.29. The number of nitrogens with zero attached hydrogens (tertiary/aromatic N) is 2. The first-order valence-corrected chi connectivity index (χ1v) is 12.4. The van der Waals surface area contributed by atoms with Crippen LogP contribution in [0.15, 0.2) is 54.6 Å². The third-order valence-corrected chi connectivity index (χ3v) is 7.46. The van der Waals surface area contributed by atoms with E-state index in [0.717, 1.165) is 58.9 Å². The molecule has 0 bridgehead atoms. The average molecular weight is 508 g/mol. The molecule has 1 unspecified atom stereocenters. The molecule has 5 nitrogen and oxygen atoms in total. The van der Waals surface area contributed by atoms with Crippen LogP contribution in [0.2, 0.25) is 5.02 Å². The SMILES string of the molecule is COc1cc(C(=S)N(C)c2ccc(-c3cc(C(N)=O)ccc3Cl)cc2N2CCC(C)C2)ccc1C. The standard InChI is InChI=1S/C28H30ClN3O2S/c1-17-11-12-32(16-17)25-14-19(22-13-20(27(30)33)7-9-23(22)29)8-10-24(25)31(3)28(35)21-6-5-18(2)26(15-21)34-4/h5-10,13-15,17H,11-12,16H2,1-4H3,(H2,30,33). The number of benzene rings is 3. The van der Waals surface area contributed by atoms with Gasteiger partial charge in [-0.2, -0.15) is 0 Å². The number of hydrogen-bond acceptors (Lipinski definition) is 4. The zero-order valence-electron chi connectivity index (χ0n) is 20.5. The fourth-order valence-electron chi connectivity index (χ4n) is 4.54. The van der Waals surface area contributed by atoms with Crippen LogP contribution in [-0.2, 0) is 0 Å². The molecule has 1 saturated heterocycles. The molecule has 0 radical (unpaired) electrons. The second-order valence-corrected chi connectivity index (χ2v) is 9.94. The summed E-state index contributed by atoms with van der Waals surface area (Å²) in [5, 5.41) is 0.569. The molecule has 3 aromatic rings. The van der Waals surface area contributed by atoms with E-state index in [0.29, 0.717) is 21.5 Å². The maximum absolute atomic E-state index is 11.8. The summed E-state index contributed by atoms with van der Waals surface area (Å²) in [6.45, 7) is 6.21. The number of methoxy groups -OCH3 is 1. The molecule has 182 valence electrons.